The largest absolute Gasteiger partial charge is 1.00 e. The molecule has 0 bridgehead atoms. The van der Waals surface area contributed by atoms with Crippen molar-refractivity contribution in [2.75, 3.05) is 0 Å². The normalized spacial score (nSPS) is 12.3. The van der Waals surface area contributed by atoms with Crippen molar-refractivity contribution in [2.45, 2.75) is 34.7 Å². The molecular formula is C24H16ClF2N6Na3O11S3. The number of nitrogens with one attached hydrogen (secondary N) is 1. The zero-order valence-electron chi connectivity index (χ0n) is 26.0. The molecule has 4 aromatic rings. The van der Waals surface area contributed by atoms with Crippen LogP contribution in [0.5, 0.6) is 5.75 Å². The van der Waals surface area contributed by atoms with Crippen molar-refractivity contribution in [2.24, 2.45) is 15.2 Å². The van der Waals surface area contributed by atoms with Gasteiger partial charge in [-0.1, -0.05) is 23.4 Å². The van der Waals surface area contributed by atoms with E-state index in [1.54, 1.807) is 0 Å². The number of halogens is 3. The summed E-state index contributed by atoms with van der Waals surface area (Å²) in [6, 6.07) is 4.86. The van der Waals surface area contributed by atoms with Gasteiger partial charge in [0.25, 0.3) is 20.2 Å². The van der Waals surface area contributed by atoms with E-state index in [1.165, 1.54) is 0 Å². The van der Waals surface area contributed by atoms with Crippen LogP contribution in [0.3, 0.4) is 0 Å². The fourth-order valence-corrected chi connectivity index (χ4v) is 6.19. The standard InChI is InChI=1S/C24H19ClF2N6O11S3.3Na/c1-10(34)29-13-3-5-16(45(36,37)38)12-7-18(47(42,43)44)21(22(35)19(12)13)33-32-14-6-11(2-4-17(14)46(39,40)41)8-28-9-15-20(25)23(26)31-24(27)30-15;;;/h2-7,28,35H,8-9H2,1H3,(H,29,34)(H,36,37,38)(H,39,40,41)(H,42,43,44);;;/q;3*+1/p-3. The number of hydrogen-bond acceptors (Lipinski definition) is 15. The van der Waals surface area contributed by atoms with Gasteiger partial charge in [0.1, 0.15) is 30.6 Å². The van der Waals surface area contributed by atoms with Gasteiger partial charge in [-0.2, -0.15) is 30.6 Å². The molecule has 0 unspecified atom stereocenters. The van der Waals surface area contributed by atoms with E-state index in [0.717, 1.165) is 31.2 Å². The van der Waals surface area contributed by atoms with Gasteiger partial charge in [-0.3, -0.25) is 14.1 Å². The Hall–Kier alpha value is -1.29. The molecule has 250 valence electrons. The van der Waals surface area contributed by atoms with E-state index in [1.807, 2.05) is 0 Å². The fraction of sp³-hybridized carbons (Fsp3) is 0.125. The molecule has 0 spiro atoms. The van der Waals surface area contributed by atoms with Gasteiger partial charge in [0, 0.05) is 23.9 Å². The van der Waals surface area contributed by atoms with Crippen molar-refractivity contribution in [1.29, 1.82) is 0 Å². The van der Waals surface area contributed by atoms with Crippen LogP contribution in [-0.4, -0.2) is 54.8 Å². The van der Waals surface area contributed by atoms with Gasteiger partial charge >= 0.3 is 94.8 Å². The number of aliphatic imine (C=N–C) groups is 1. The van der Waals surface area contributed by atoms with Crippen LogP contribution in [0.4, 0.5) is 25.8 Å². The van der Waals surface area contributed by atoms with Crippen molar-refractivity contribution in [1.82, 2.24) is 15.3 Å². The molecule has 0 radical (unpaired) electrons. The van der Waals surface area contributed by atoms with Gasteiger partial charge in [-0.15, -0.1) is 10.2 Å². The van der Waals surface area contributed by atoms with Crippen LogP contribution in [0, 0.1) is 12.0 Å². The minimum absolute atomic E-state index is 0. The molecule has 0 fully saturated rings. The average Bonchev–Trinajstić information content (AvgIpc) is 2.92. The average molecular weight is 803 g/mol. The predicted octanol–water partition coefficient (Wildman–Crippen LogP) is -6.84. The molecule has 0 amide bonds. The molecular weight excluding hydrogens is 787 g/mol. The van der Waals surface area contributed by atoms with E-state index in [-0.39, 0.29) is 113 Å². The summed E-state index contributed by atoms with van der Waals surface area (Å²) in [6.45, 7) is 0.438. The first-order chi connectivity index (χ1) is 21.7. The fourth-order valence-electron chi connectivity index (χ4n) is 4.12. The zero-order valence-corrected chi connectivity index (χ0v) is 35.2. The number of benzene rings is 3. The summed E-state index contributed by atoms with van der Waals surface area (Å²) >= 11 is 5.72. The molecule has 4 rings (SSSR count). The van der Waals surface area contributed by atoms with Gasteiger partial charge in [-0.05, 0) is 48.7 Å². The molecule has 3 aromatic carbocycles. The summed E-state index contributed by atoms with van der Waals surface area (Å²) in [5, 5.41) is 32.8. The first-order valence-corrected chi connectivity index (χ1v) is 16.9. The van der Waals surface area contributed by atoms with E-state index in [4.69, 9.17) is 11.6 Å². The Bertz CT molecular complexity index is 2350. The van der Waals surface area contributed by atoms with E-state index in [0.29, 0.717) is 12.1 Å². The molecule has 0 aliphatic rings. The van der Waals surface area contributed by atoms with Crippen LogP contribution in [0.25, 0.3) is 10.8 Å². The van der Waals surface area contributed by atoms with Crippen LogP contribution in [0.1, 0.15) is 18.2 Å². The van der Waals surface area contributed by atoms with E-state index < -0.39 is 102 Å². The topological polar surface area (TPSA) is 287 Å². The number of azo groups is 1. The summed E-state index contributed by atoms with van der Waals surface area (Å²) in [5.41, 5.74) is -2.55. The van der Waals surface area contributed by atoms with Crippen molar-refractivity contribution < 1.29 is 147 Å². The van der Waals surface area contributed by atoms with Crippen LogP contribution in [0.2, 0.25) is 5.02 Å². The number of hydrogen-bond donors (Lipinski definition) is 3. The Kier molecular flexibility index (Phi) is 17.0. The van der Waals surface area contributed by atoms with E-state index in [9.17, 15) is 57.9 Å². The quantitative estimate of drug-likeness (QED) is 0.0256. The maximum absolute atomic E-state index is 13.6. The minimum atomic E-state index is -5.45. The van der Waals surface area contributed by atoms with E-state index >= 15 is 0 Å². The second kappa shape index (κ2) is 18.2. The number of nitrogens with zero attached hydrogens (tertiary/aromatic N) is 5. The number of fused-ring (bicyclic) bond motifs is 1. The maximum atomic E-state index is 13.6. The van der Waals surface area contributed by atoms with Crippen molar-refractivity contribution in [3.8, 4) is 5.75 Å². The molecule has 0 saturated carbocycles. The molecule has 17 nitrogen and oxygen atoms in total. The summed E-state index contributed by atoms with van der Waals surface area (Å²) in [4.78, 5) is 6.35. The van der Waals surface area contributed by atoms with Crippen LogP contribution in [-0.2, 0) is 43.4 Å². The molecule has 0 aliphatic heterocycles. The molecule has 26 heteroatoms. The summed E-state index contributed by atoms with van der Waals surface area (Å²) in [6.07, 6.45) is -1.40. The first-order valence-electron chi connectivity index (χ1n) is 12.2. The van der Waals surface area contributed by atoms with Crippen molar-refractivity contribution in [3.63, 3.8) is 0 Å². The van der Waals surface area contributed by atoms with Crippen LogP contribution in [0.15, 0.2) is 66.3 Å². The third-order valence-corrected chi connectivity index (χ3v) is 9.03. The van der Waals surface area contributed by atoms with Crippen LogP contribution < -0.4 is 104 Å². The summed E-state index contributed by atoms with van der Waals surface area (Å²) in [5.74, 6) is -3.72. The Morgan fingerprint density at radius 1 is 0.880 bits per heavy atom. The Morgan fingerprint density at radius 3 is 2.04 bits per heavy atom. The first kappa shape index (κ1) is 46.7. The minimum Gasteiger partial charge on any atom is -0.870 e. The Morgan fingerprint density at radius 2 is 1.48 bits per heavy atom. The summed E-state index contributed by atoms with van der Waals surface area (Å²) < 4.78 is 131. The number of aromatic nitrogens is 2. The molecule has 0 atom stereocenters. The third kappa shape index (κ3) is 11.1. The van der Waals surface area contributed by atoms with Crippen LogP contribution >= 0.6 is 11.6 Å². The number of rotatable bonds is 10. The zero-order chi connectivity index (χ0) is 35.1. The SMILES string of the molecule is CC([O-])=Nc1ccc(S(=O)(=O)[O-])c2cc(S(=O)(=O)O)c(N=Nc3cc(CNCc4nc(F)nc(F)c4Cl)ccc3S(=O)(=O)O)c([O-])c12.[Na+].[Na+].[Na+]. The second-order valence-corrected chi connectivity index (χ2v) is 13.7. The van der Waals surface area contributed by atoms with E-state index in [2.05, 4.69) is 30.5 Å². The Labute approximate surface area is 353 Å². The van der Waals surface area contributed by atoms with Gasteiger partial charge in [0.05, 0.1) is 22.0 Å². The second-order valence-electron chi connectivity index (χ2n) is 9.24. The molecule has 0 aliphatic carbocycles. The van der Waals surface area contributed by atoms with Gasteiger partial charge in [0.2, 0.25) is 5.95 Å². The molecule has 1 heterocycles. The van der Waals surface area contributed by atoms with Gasteiger partial charge < -0.3 is 20.1 Å². The smallest absolute Gasteiger partial charge is 0.870 e. The third-order valence-electron chi connectivity index (χ3n) is 5.99. The van der Waals surface area contributed by atoms with Crippen molar-refractivity contribution >= 4 is 75.7 Å². The molecule has 0 saturated heterocycles. The predicted molar refractivity (Wildman–Crippen MR) is 152 cm³/mol. The van der Waals surface area contributed by atoms with Gasteiger partial charge in [0.15, 0.2) is 0 Å². The van der Waals surface area contributed by atoms with Crippen molar-refractivity contribution in [3.05, 3.63) is 64.7 Å². The summed E-state index contributed by atoms with van der Waals surface area (Å²) in [7, 11) is -15.9. The Balaban J connectivity index is 0.00000417. The molecule has 1 aromatic heterocycles. The molecule has 3 N–H and O–H groups in total. The molecule has 50 heavy (non-hydrogen) atoms. The monoisotopic (exact) mass is 802 g/mol. The maximum Gasteiger partial charge on any atom is 1.00 e. The van der Waals surface area contributed by atoms with Gasteiger partial charge in [-0.25, -0.2) is 13.4 Å².